The zero-order valence-corrected chi connectivity index (χ0v) is 5.26. The normalized spacial score (nSPS) is 12.1. The monoisotopic (exact) mass is 130 g/mol. The number of primary amides is 1. The number of carbonyl (C=O) groups excluding carboxylic acids is 2. The maximum absolute atomic E-state index is 10.3. The quantitative estimate of drug-likeness (QED) is 0.479. The van der Waals surface area contributed by atoms with Gasteiger partial charge in [-0.05, 0) is 6.42 Å². The van der Waals surface area contributed by atoms with Crippen LogP contribution in [-0.2, 0) is 9.59 Å². The molecular formula is C5H10N2O2. The highest BCUT2D eigenvalue weighted by Gasteiger charge is 2.09. The van der Waals surface area contributed by atoms with Crippen molar-refractivity contribution >= 4 is 12.3 Å². The van der Waals surface area contributed by atoms with Gasteiger partial charge in [-0.3, -0.25) is 9.59 Å². The van der Waals surface area contributed by atoms with E-state index in [2.05, 4.69) is 5.32 Å². The van der Waals surface area contributed by atoms with Gasteiger partial charge < -0.3 is 11.1 Å². The van der Waals surface area contributed by atoms with Gasteiger partial charge in [-0.2, -0.15) is 0 Å². The predicted molar refractivity (Wildman–Crippen MR) is 32.5 cm³/mol. The third-order valence-electron chi connectivity index (χ3n) is 1.02. The van der Waals surface area contributed by atoms with E-state index in [4.69, 9.17) is 5.73 Å². The average Bonchev–Trinajstić information content (AvgIpc) is 1.82. The van der Waals surface area contributed by atoms with E-state index < -0.39 is 11.9 Å². The van der Waals surface area contributed by atoms with Crippen LogP contribution in [-0.4, -0.2) is 18.4 Å². The fourth-order valence-corrected chi connectivity index (χ4v) is 0.483. The molecule has 4 heteroatoms. The van der Waals surface area contributed by atoms with Gasteiger partial charge >= 0.3 is 0 Å². The summed E-state index contributed by atoms with van der Waals surface area (Å²) in [5.74, 6) is -0.496. The molecule has 4 nitrogen and oxygen atoms in total. The molecule has 0 aromatic rings. The van der Waals surface area contributed by atoms with Crippen molar-refractivity contribution in [3.8, 4) is 0 Å². The van der Waals surface area contributed by atoms with E-state index in [1.807, 2.05) is 0 Å². The zero-order valence-electron chi connectivity index (χ0n) is 5.26. The molecule has 9 heavy (non-hydrogen) atoms. The number of hydrogen-bond donors (Lipinski definition) is 2. The smallest absolute Gasteiger partial charge is 0.239 e. The lowest BCUT2D eigenvalue weighted by Gasteiger charge is -2.06. The third kappa shape index (κ3) is 2.69. The van der Waals surface area contributed by atoms with Crippen molar-refractivity contribution < 1.29 is 9.59 Å². The highest BCUT2D eigenvalue weighted by atomic mass is 16.2. The van der Waals surface area contributed by atoms with Gasteiger partial charge in [0.25, 0.3) is 0 Å². The Morgan fingerprint density at radius 2 is 2.44 bits per heavy atom. The number of amides is 2. The molecule has 0 saturated heterocycles. The number of nitrogens with one attached hydrogen (secondary N) is 1. The predicted octanol–water partition coefficient (Wildman–Crippen LogP) is -1.00. The second-order valence-corrected chi connectivity index (χ2v) is 1.65. The summed E-state index contributed by atoms with van der Waals surface area (Å²) in [6.45, 7) is 1.77. The van der Waals surface area contributed by atoms with Gasteiger partial charge in [0.05, 0.1) is 0 Å². The van der Waals surface area contributed by atoms with E-state index in [0.29, 0.717) is 12.8 Å². The van der Waals surface area contributed by atoms with Gasteiger partial charge in [-0.15, -0.1) is 0 Å². The molecule has 0 heterocycles. The molecule has 0 fully saturated rings. The minimum atomic E-state index is -0.512. The first kappa shape index (κ1) is 7.94. The topological polar surface area (TPSA) is 72.2 Å². The molecule has 0 aliphatic heterocycles. The zero-order chi connectivity index (χ0) is 7.28. The summed E-state index contributed by atoms with van der Waals surface area (Å²) >= 11 is 0. The van der Waals surface area contributed by atoms with Crippen molar-refractivity contribution in [1.82, 2.24) is 5.32 Å². The van der Waals surface area contributed by atoms with Crippen LogP contribution >= 0.6 is 0 Å². The van der Waals surface area contributed by atoms with E-state index in [1.165, 1.54) is 0 Å². The molecule has 3 N–H and O–H groups in total. The number of rotatable bonds is 4. The minimum Gasteiger partial charge on any atom is -0.368 e. The average molecular weight is 130 g/mol. The van der Waals surface area contributed by atoms with Crippen LogP contribution in [0.3, 0.4) is 0 Å². The second kappa shape index (κ2) is 3.88. The van der Waals surface area contributed by atoms with E-state index >= 15 is 0 Å². The molecule has 0 saturated carbocycles. The van der Waals surface area contributed by atoms with E-state index in [9.17, 15) is 9.59 Å². The Kier molecular flexibility index (Phi) is 3.43. The van der Waals surface area contributed by atoms with Crippen molar-refractivity contribution in [3.05, 3.63) is 0 Å². The van der Waals surface area contributed by atoms with Gasteiger partial charge in [-0.1, -0.05) is 6.92 Å². The van der Waals surface area contributed by atoms with E-state index in [1.54, 1.807) is 6.92 Å². The van der Waals surface area contributed by atoms with Gasteiger partial charge in [0, 0.05) is 0 Å². The highest BCUT2D eigenvalue weighted by Crippen LogP contribution is 1.85. The van der Waals surface area contributed by atoms with Gasteiger partial charge in [0.1, 0.15) is 6.04 Å². The van der Waals surface area contributed by atoms with Crippen LogP contribution in [0.4, 0.5) is 0 Å². The standard InChI is InChI=1S/C5H10N2O2/c1-2-4(5(6)9)7-3-8/h3-4H,2H2,1H3,(H2,6,9)(H,7,8)/t4-/m0/s1. The largest absolute Gasteiger partial charge is 0.368 e. The lowest BCUT2D eigenvalue weighted by molar-refractivity contribution is -0.122. The molecule has 0 aromatic heterocycles. The van der Waals surface area contributed by atoms with Gasteiger partial charge in [0.15, 0.2) is 0 Å². The molecule has 0 rings (SSSR count). The van der Waals surface area contributed by atoms with Crippen LogP contribution in [0.25, 0.3) is 0 Å². The molecule has 2 amide bonds. The van der Waals surface area contributed by atoms with Crippen LogP contribution in [0.15, 0.2) is 0 Å². The molecule has 0 aliphatic carbocycles. The van der Waals surface area contributed by atoms with Crippen molar-refractivity contribution in [3.63, 3.8) is 0 Å². The molecule has 0 spiro atoms. The number of hydrogen-bond acceptors (Lipinski definition) is 2. The van der Waals surface area contributed by atoms with Crippen molar-refractivity contribution in [2.45, 2.75) is 19.4 Å². The summed E-state index contributed by atoms with van der Waals surface area (Å²) in [5, 5.41) is 2.28. The second-order valence-electron chi connectivity index (χ2n) is 1.65. The summed E-state index contributed by atoms with van der Waals surface area (Å²) < 4.78 is 0. The SMILES string of the molecule is CC[C@H](NC=O)C(N)=O. The first-order valence-electron chi connectivity index (χ1n) is 2.71. The summed E-state index contributed by atoms with van der Waals surface area (Å²) in [5.41, 5.74) is 4.87. The van der Waals surface area contributed by atoms with E-state index in [-0.39, 0.29) is 0 Å². The molecule has 0 aromatic carbocycles. The summed E-state index contributed by atoms with van der Waals surface area (Å²) in [6, 6.07) is -0.512. The number of nitrogens with two attached hydrogens (primary N) is 1. The number of carbonyl (C=O) groups is 2. The maximum atomic E-state index is 10.3. The van der Waals surface area contributed by atoms with E-state index in [0.717, 1.165) is 0 Å². The fourth-order valence-electron chi connectivity index (χ4n) is 0.483. The van der Waals surface area contributed by atoms with Crippen molar-refractivity contribution in [1.29, 1.82) is 0 Å². The highest BCUT2D eigenvalue weighted by molar-refractivity contribution is 5.81. The first-order valence-corrected chi connectivity index (χ1v) is 2.71. The Hall–Kier alpha value is -1.06. The Bertz CT molecular complexity index is 114. The van der Waals surface area contributed by atoms with Crippen molar-refractivity contribution in [2.24, 2.45) is 5.73 Å². The molecule has 0 bridgehead atoms. The van der Waals surface area contributed by atoms with Crippen LogP contribution in [0.2, 0.25) is 0 Å². The lowest BCUT2D eigenvalue weighted by Crippen LogP contribution is -2.39. The molecule has 1 atom stereocenters. The van der Waals surface area contributed by atoms with Crippen LogP contribution in [0.1, 0.15) is 13.3 Å². The fraction of sp³-hybridized carbons (Fsp3) is 0.600. The van der Waals surface area contributed by atoms with Crippen LogP contribution in [0.5, 0.6) is 0 Å². The van der Waals surface area contributed by atoms with Crippen molar-refractivity contribution in [2.75, 3.05) is 0 Å². The van der Waals surface area contributed by atoms with Crippen LogP contribution in [0, 0.1) is 0 Å². The van der Waals surface area contributed by atoms with Gasteiger partial charge in [0.2, 0.25) is 12.3 Å². The summed E-state index contributed by atoms with van der Waals surface area (Å²) in [6.07, 6.45) is 1.01. The third-order valence-corrected chi connectivity index (χ3v) is 1.02. The Morgan fingerprint density at radius 3 is 2.56 bits per heavy atom. The molecule has 52 valence electrons. The lowest BCUT2D eigenvalue weighted by atomic mass is 10.2. The molecule has 0 unspecified atom stereocenters. The summed E-state index contributed by atoms with van der Waals surface area (Å²) in [4.78, 5) is 20.1. The molecule has 0 aliphatic rings. The Morgan fingerprint density at radius 1 is 1.89 bits per heavy atom. The van der Waals surface area contributed by atoms with Gasteiger partial charge in [-0.25, -0.2) is 0 Å². The first-order chi connectivity index (χ1) is 4.22. The Labute approximate surface area is 53.4 Å². The minimum absolute atomic E-state index is 0.471. The maximum Gasteiger partial charge on any atom is 0.239 e. The molecular weight excluding hydrogens is 120 g/mol. The van der Waals surface area contributed by atoms with Crippen LogP contribution < -0.4 is 11.1 Å². The molecule has 0 radical (unpaired) electrons. The summed E-state index contributed by atoms with van der Waals surface area (Å²) in [7, 11) is 0. The Balaban J connectivity index is 3.67.